The summed E-state index contributed by atoms with van der Waals surface area (Å²) in [5.74, 6) is 1.52. The number of aromatic nitrogens is 3. The first-order chi connectivity index (χ1) is 16.0. The Morgan fingerprint density at radius 1 is 1.00 bits per heavy atom. The molecule has 8 nitrogen and oxygen atoms in total. The van der Waals surface area contributed by atoms with Gasteiger partial charge in [-0.2, -0.15) is 0 Å². The van der Waals surface area contributed by atoms with Gasteiger partial charge in [0.1, 0.15) is 23.3 Å². The predicted octanol–water partition coefficient (Wildman–Crippen LogP) is 2.42. The maximum absolute atomic E-state index is 13.2. The SMILES string of the molecule is Cc1nc(N2CCN(C(=O)C3CC(=O)N(c4ccc(F)cc4)C3)CC2)cc(-n2cccc2)n1. The van der Waals surface area contributed by atoms with Gasteiger partial charge < -0.3 is 19.3 Å². The number of piperazine rings is 1. The molecule has 2 fully saturated rings. The Balaban J connectivity index is 1.22. The van der Waals surface area contributed by atoms with Crippen molar-refractivity contribution in [2.75, 3.05) is 42.5 Å². The molecule has 33 heavy (non-hydrogen) atoms. The maximum atomic E-state index is 13.2. The van der Waals surface area contributed by atoms with Crippen LogP contribution in [0.15, 0.2) is 54.9 Å². The molecule has 0 saturated carbocycles. The van der Waals surface area contributed by atoms with Gasteiger partial charge in [0.2, 0.25) is 11.8 Å². The molecule has 2 saturated heterocycles. The van der Waals surface area contributed by atoms with E-state index in [0.29, 0.717) is 44.2 Å². The molecule has 1 aromatic carbocycles. The summed E-state index contributed by atoms with van der Waals surface area (Å²) >= 11 is 0. The lowest BCUT2D eigenvalue weighted by Gasteiger charge is -2.36. The maximum Gasteiger partial charge on any atom is 0.228 e. The van der Waals surface area contributed by atoms with E-state index in [-0.39, 0.29) is 30.0 Å². The minimum absolute atomic E-state index is 0.000454. The molecule has 5 rings (SSSR count). The van der Waals surface area contributed by atoms with E-state index in [1.807, 2.05) is 47.0 Å². The Hall–Kier alpha value is -3.75. The van der Waals surface area contributed by atoms with E-state index in [0.717, 1.165) is 11.6 Å². The van der Waals surface area contributed by atoms with Crippen LogP contribution in [0.3, 0.4) is 0 Å². The van der Waals surface area contributed by atoms with Crippen LogP contribution < -0.4 is 9.80 Å². The molecule has 0 bridgehead atoms. The molecule has 170 valence electrons. The van der Waals surface area contributed by atoms with Crippen LogP contribution in [0.2, 0.25) is 0 Å². The predicted molar refractivity (Wildman–Crippen MR) is 122 cm³/mol. The van der Waals surface area contributed by atoms with Gasteiger partial charge in [0.25, 0.3) is 0 Å². The molecule has 2 aromatic heterocycles. The standard InChI is InChI=1S/C24H25FN6O2/c1-17-26-21(28-8-2-3-9-28)15-22(27-17)29-10-12-30(13-11-29)24(33)18-14-23(32)31(16-18)20-6-4-19(25)5-7-20/h2-9,15,18H,10-14,16H2,1H3. The van der Waals surface area contributed by atoms with Gasteiger partial charge in [-0.25, -0.2) is 14.4 Å². The second-order valence-electron chi connectivity index (χ2n) is 8.42. The molecule has 2 amide bonds. The number of aryl methyl sites for hydroxylation is 1. The quantitative estimate of drug-likeness (QED) is 0.613. The van der Waals surface area contributed by atoms with Gasteiger partial charge in [-0.1, -0.05) is 0 Å². The molecule has 2 aliphatic rings. The van der Waals surface area contributed by atoms with Crippen molar-refractivity contribution >= 4 is 23.3 Å². The second kappa shape index (κ2) is 8.65. The van der Waals surface area contributed by atoms with E-state index >= 15 is 0 Å². The van der Waals surface area contributed by atoms with Gasteiger partial charge in [-0.3, -0.25) is 9.59 Å². The van der Waals surface area contributed by atoms with Gasteiger partial charge in [0, 0.05) is 63.3 Å². The van der Waals surface area contributed by atoms with E-state index in [4.69, 9.17) is 0 Å². The normalized spacial score (nSPS) is 18.8. The molecule has 1 atom stereocenters. The lowest BCUT2D eigenvalue weighted by Crippen LogP contribution is -2.51. The smallest absolute Gasteiger partial charge is 0.228 e. The number of nitrogens with zero attached hydrogens (tertiary/aromatic N) is 6. The number of hydrogen-bond donors (Lipinski definition) is 0. The zero-order valence-electron chi connectivity index (χ0n) is 18.4. The van der Waals surface area contributed by atoms with E-state index in [1.54, 1.807) is 17.0 Å². The summed E-state index contributed by atoms with van der Waals surface area (Å²) in [7, 11) is 0. The van der Waals surface area contributed by atoms with Crippen molar-refractivity contribution in [3.63, 3.8) is 0 Å². The number of benzene rings is 1. The molecule has 9 heteroatoms. The Kier molecular flexibility index (Phi) is 5.53. The van der Waals surface area contributed by atoms with E-state index < -0.39 is 0 Å². The molecular weight excluding hydrogens is 423 g/mol. The number of carbonyl (C=O) groups is 2. The first-order valence-electron chi connectivity index (χ1n) is 11.1. The fourth-order valence-corrected chi connectivity index (χ4v) is 4.48. The monoisotopic (exact) mass is 448 g/mol. The van der Waals surface area contributed by atoms with Crippen molar-refractivity contribution in [1.82, 2.24) is 19.4 Å². The van der Waals surface area contributed by atoms with Crippen LogP contribution in [0.4, 0.5) is 15.9 Å². The molecule has 0 radical (unpaired) electrons. The third-order valence-electron chi connectivity index (χ3n) is 6.21. The van der Waals surface area contributed by atoms with E-state index in [2.05, 4.69) is 14.9 Å². The second-order valence-corrected chi connectivity index (χ2v) is 8.42. The molecule has 3 aromatic rings. The molecule has 2 aliphatic heterocycles. The summed E-state index contributed by atoms with van der Waals surface area (Å²) < 4.78 is 15.2. The summed E-state index contributed by atoms with van der Waals surface area (Å²) in [6, 6.07) is 11.7. The Morgan fingerprint density at radius 2 is 1.67 bits per heavy atom. The van der Waals surface area contributed by atoms with Crippen LogP contribution in [0.5, 0.6) is 0 Å². The number of rotatable bonds is 4. The van der Waals surface area contributed by atoms with Crippen LogP contribution in [0, 0.1) is 18.7 Å². The fraction of sp³-hybridized carbons (Fsp3) is 0.333. The highest BCUT2D eigenvalue weighted by Crippen LogP contribution is 2.27. The summed E-state index contributed by atoms with van der Waals surface area (Å²) in [4.78, 5) is 40.3. The van der Waals surface area contributed by atoms with Gasteiger partial charge in [-0.05, 0) is 43.3 Å². The fourth-order valence-electron chi connectivity index (χ4n) is 4.48. The Morgan fingerprint density at radius 3 is 2.36 bits per heavy atom. The molecule has 0 spiro atoms. The Bertz CT molecular complexity index is 1160. The Labute approximate surface area is 191 Å². The average molecular weight is 449 g/mol. The van der Waals surface area contributed by atoms with Gasteiger partial charge in [-0.15, -0.1) is 0 Å². The van der Waals surface area contributed by atoms with Crippen molar-refractivity contribution in [2.45, 2.75) is 13.3 Å². The number of carbonyl (C=O) groups excluding carboxylic acids is 2. The van der Waals surface area contributed by atoms with Crippen molar-refractivity contribution in [1.29, 1.82) is 0 Å². The van der Waals surface area contributed by atoms with Crippen molar-refractivity contribution in [3.05, 3.63) is 66.5 Å². The number of amides is 2. The summed E-state index contributed by atoms with van der Waals surface area (Å²) in [6.07, 6.45) is 4.07. The zero-order chi connectivity index (χ0) is 22.9. The van der Waals surface area contributed by atoms with Gasteiger partial charge in [0.05, 0.1) is 5.92 Å². The largest absolute Gasteiger partial charge is 0.353 e. The third kappa shape index (κ3) is 4.30. The van der Waals surface area contributed by atoms with Crippen LogP contribution in [-0.4, -0.2) is 64.0 Å². The topological polar surface area (TPSA) is 74.6 Å². The lowest BCUT2D eigenvalue weighted by atomic mass is 10.1. The van der Waals surface area contributed by atoms with E-state index in [1.165, 1.54) is 12.1 Å². The molecule has 4 heterocycles. The number of anilines is 2. The average Bonchev–Trinajstić information content (AvgIpc) is 3.49. The highest BCUT2D eigenvalue weighted by Gasteiger charge is 2.38. The first kappa shape index (κ1) is 21.1. The van der Waals surface area contributed by atoms with Crippen LogP contribution in [-0.2, 0) is 9.59 Å². The summed E-state index contributed by atoms with van der Waals surface area (Å²) in [5, 5.41) is 0. The van der Waals surface area contributed by atoms with Crippen molar-refractivity contribution < 1.29 is 14.0 Å². The van der Waals surface area contributed by atoms with Gasteiger partial charge in [0.15, 0.2) is 0 Å². The van der Waals surface area contributed by atoms with Crippen molar-refractivity contribution in [3.8, 4) is 5.82 Å². The van der Waals surface area contributed by atoms with Crippen LogP contribution >= 0.6 is 0 Å². The third-order valence-corrected chi connectivity index (χ3v) is 6.21. The highest BCUT2D eigenvalue weighted by atomic mass is 19.1. The molecular formula is C24H25FN6O2. The minimum atomic E-state index is -0.379. The number of hydrogen-bond acceptors (Lipinski definition) is 5. The lowest BCUT2D eigenvalue weighted by molar-refractivity contribution is -0.136. The molecule has 0 N–H and O–H groups in total. The molecule has 0 aliphatic carbocycles. The number of halogens is 1. The summed E-state index contributed by atoms with van der Waals surface area (Å²) in [6.45, 7) is 4.67. The summed E-state index contributed by atoms with van der Waals surface area (Å²) in [5.41, 5.74) is 0.624. The van der Waals surface area contributed by atoms with Crippen LogP contribution in [0.1, 0.15) is 12.2 Å². The first-order valence-corrected chi connectivity index (χ1v) is 11.1. The van der Waals surface area contributed by atoms with E-state index in [9.17, 15) is 14.0 Å². The molecule has 1 unspecified atom stereocenters. The minimum Gasteiger partial charge on any atom is -0.353 e. The van der Waals surface area contributed by atoms with Crippen LogP contribution in [0.25, 0.3) is 5.82 Å². The van der Waals surface area contributed by atoms with Crippen molar-refractivity contribution in [2.24, 2.45) is 5.92 Å². The highest BCUT2D eigenvalue weighted by molar-refractivity contribution is 6.00. The zero-order valence-corrected chi connectivity index (χ0v) is 18.4. The van der Waals surface area contributed by atoms with Gasteiger partial charge >= 0.3 is 0 Å².